The summed E-state index contributed by atoms with van der Waals surface area (Å²) >= 11 is 1.56. The van der Waals surface area contributed by atoms with Crippen LogP contribution in [0.2, 0.25) is 0 Å². The molecular weight excluding hydrogens is 370 g/mol. The van der Waals surface area contributed by atoms with Crippen molar-refractivity contribution in [2.24, 2.45) is 0 Å². The van der Waals surface area contributed by atoms with Gasteiger partial charge in [0.1, 0.15) is 17.4 Å². The summed E-state index contributed by atoms with van der Waals surface area (Å²) in [6, 6.07) is 17.9. The van der Waals surface area contributed by atoms with Gasteiger partial charge in [0.25, 0.3) is 0 Å². The minimum Gasteiger partial charge on any atom is -0.489 e. The van der Waals surface area contributed by atoms with Gasteiger partial charge < -0.3 is 9.47 Å². The zero-order valence-electron chi connectivity index (χ0n) is 16.1. The van der Waals surface area contributed by atoms with Crippen molar-refractivity contribution in [3.8, 4) is 5.75 Å². The number of hydrogen-bond acceptors (Lipinski definition) is 5. The largest absolute Gasteiger partial charge is 0.489 e. The standard InChI is InChI=1S/C23H23NO3S/c1-3-26-22(25)14-20(23-24-15-17(2)28-23)13-19-11-7-8-12-21(19)27-16-18-9-5-4-6-10-18/h4-12,14-15H,3,13,16H2,1-2H3. The van der Waals surface area contributed by atoms with Gasteiger partial charge in [0, 0.05) is 23.6 Å². The maximum Gasteiger partial charge on any atom is 0.331 e. The van der Waals surface area contributed by atoms with Crippen LogP contribution < -0.4 is 4.74 Å². The lowest BCUT2D eigenvalue weighted by molar-refractivity contribution is -0.137. The molecule has 0 atom stereocenters. The smallest absolute Gasteiger partial charge is 0.331 e. The fourth-order valence-electron chi connectivity index (χ4n) is 2.75. The molecule has 0 amide bonds. The molecule has 0 N–H and O–H groups in total. The van der Waals surface area contributed by atoms with Crippen molar-refractivity contribution in [1.82, 2.24) is 4.98 Å². The van der Waals surface area contributed by atoms with Crippen LogP contribution in [0.25, 0.3) is 5.57 Å². The van der Waals surface area contributed by atoms with Crippen LogP contribution in [-0.2, 0) is 22.6 Å². The molecule has 0 radical (unpaired) electrons. The van der Waals surface area contributed by atoms with E-state index in [1.54, 1.807) is 18.3 Å². The van der Waals surface area contributed by atoms with Gasteiger partial charge in [-0.1, -0.05) is 48.5 Å². The van der Waals surface area contributed by atoms with Crippen LogP contribution in [0, 0.1) is 6.92 Å². The van der Waals surface area contributed by atoms with Crippen molar-refractivity contribution in [2.75, 3.05) is 6.61 Å². The summed E-state index contributed by atoms with van der Waals surface area (Å²) in [7, 11) is 0. The second-order valence-corrected chi connectivity index (χ2v) is 7.49. The Morgan fingerprint density at radius 3 is 2.57 bits per heavy atom. The number of thiazole rings is 1. The van der Waals surface area contributed by atoms with Crippen LogP contribution in [0.15, 0.2) is 66.9 Å². The van der Waals surface area contributed by atoms with Crippen LogP contribution >= 0.6 is 11.3 Å². The van der Waals surface area contributed by atoms with Crippen LogP contribution in [0.3, 0.4) is 0 Å². The molecule has 0 aliphatic carbocycles. The lowest BCUT2D eigenvalue weighted by Crippen LogP contribution is -2.03. The highest BCUT2D eigenvalue weighted by Crippen LogP contribution is 2.29. The number of aryl methyl sites for hydroxylation is 1. The molecule has 0 saturated carbocycles. The monoisotopic (exact) mass is 393 g/mol. The number of nitrogens with zero attached hydrogens (tertiary/aromatic N) is 1. The van der Waals surface area contributed by atoms with E-state index in [-0.39, 0.29) is 5.97 Å². The van der Waals surface area contributed by atoms with E-state index in [4.69, 9.17) is 9.47 Å². The summed E-state index contributed by atoms with van der Waals surface area (Å²) in [5.74, 6) is 0.447. The molecule has 4 nitrogen and oxygen atoms in total. The molecule has 3 aromatic rings. The molecule has 0 unspecified atom stereocenters. The molecule has 0 saturated heterocycles. The van der Waals surface area contributed by atoms with Crippen molar-refractivity contribution in [2.45, 2.75) is 26.9 Å². The maximum atomic E-state index is 12.1. The van der Waals surface area contributed by atoms with Crippen molar-refractivity contribution in [3.05, 3.63) is 87.9 Å². The van der Waals surface area contributed by atoms with Crippen molar-refractivity contribution < 1.29 is 14.3 Å². The second kappa shape index (κ2) is 9.85. The first-order valence-corrected chi connectivity index (χ1v) is 10.0. The normalized spacial score (nSPS) is 11.3. The number of esters is 1. The molecule has 1 aromatic heterocycles. The molecular formula is C23H23NO3S. The van der Waals surface area contributed by atoms with Gasteiger partial charge in [0.05, 0.1) is 6.61 Å². The number of aromatic nitrogens is 1. The Kier molecular flexibility index (Phi) is 6.98. The summed E-state index contributed by atoms with van der Waals surface area (Å²) < 4.78 is 11.2. The Bertz CT molecular complexity index is 947. The number of benzene rings is 2. The minimum atomic E-state index is -0.354. The molecule has 3 rings (SSSR count). The van der Waals surface area contributed by atoms with Gasteiger partial charge in [0.15, 0.2) is 0 Å². The van der Waals surface area contributed by atoms with Crippen molar-refractivity contribution in [3.63, 3.8) is 0 Å². The first-order chi connectivity index (χ1) is 13.7. The van der Waals surface area contributed by atoms with Gasteiger partial charge in [-0.05, 0) is 36.6 Å². The van der Waals surface area contributed by atoms with E-state index in [1.807, 2.05) is 67.7 Å². The highest BCUT2D eigenvalue weighted by Gasteiger charge is 2.13. The first-order valence-electron chi connectivity index (χ1n) is 9.20. The summed E-state index contributed by atoms with van der Waals surface area (Å²) in [6.45, 7) is 4.63. The van der Waals surface area contributed by atoms with Gasteiger partial charge in [-0.15, -0.1) is 11.3 Å². The zero-order valence-corrected chi connectivity index (χ0v) is 16.9. The highest BCUT2D eigenvalue weighted by atomic mass is 32.1. The predicted octanol–water partition coefficient (Wildman–Crippen LogP) is 5.22. The Morgan fingerprint density at radius 1 is 1.11 bits per heavy atom. The minimum absolute atomic E-state index is 0.344. The van der Waals surface area contributed by atoms with E-state index in [1.165, 1.54) is 6.08 Å². The van der Waals surface area contributed by atoms with Gasteiger partial charge in [0.2, 0.25) is 0 Å². The molecule has 0 bridgehead atoms. The summed E-state index contributed by atoms with van der Waals surface area (Å²) in [4.78, 5) is 17.6. The third-order valence-electron chi connectivity index (χ3n) is 4.07. The number of allylic oxidation sites excluding steroid dienone is 1. The number of carbonyl (C=O) groups excluding carboxylic acids is 1. The molecule has 0 aliphatic rings. The molecule has 2 aromatic carbocycles. The third kappa shape index (κ3) is 5.54. The number of carbonyl (C=O) groups is 1. The molecule has 0 aliphatic heterocycles. The third-order valence-corrected chi connectivity index (χ3v) is 5.05. The molecule has 1 heterocycles. The quantitative estimate of drug-likeness (QED) is 0.389. The van der Waals surface area contributed by atoms with Gasteiger partial charge >= 0.3 is 5.97 Å². The molecule has 5 heteroatoms. The number of para-hydroxylation sites is 1. The molecule has 0 spiro atoms. The first kappa shape index (κ1) is 19.8. The van der Waals surface area contributed by atoms with Gasteiger partial charge in [-0.3, -0.25) is 0 Å². The van der Waals surface area contributed by atoms with E-state index in [9.17, 15) is 4.79 Å². The van der Waals surface area contributed by atoms with Crippen molar-refractivity contribution in [1.29, 1.82) is 0 Å². The Hall–Kier alpha value is -2.92. The van der Waals surface area contributed by atoms with E-state index < -0.39 is 0 Å². The SMILES string of the molecule is CCOC(=O)C=C(Cc1ccccc1OCc1ccccc1)c1ncc(C)s1. The lowest BCUT2D eigenvalue weighted by Gasteiger charge is -2.13. The lowest BCUT2D eigenvalue weighted by atomic mass is 10.0. The van der Waals surface area contributed by atoms with E-state index >= 15 is 0 Å². The topological polar surface area (TPSA) is 48.4 Å². The average Bonchev–Trinajstić information content (AvgIpc) is 3.14. The Morgan fingerprint density at radius 2 is 1.86 bits per heavy atom. The number of hydrogen-bond donors (Lipinski definition) is 0. The van der Waals surface area contributed by atoms with Crippen LogP contribution in [0.5, 0.6) is 5.75 Å². The van der Waals surface area contributed by atoms with Crippen LogP contribution in [0.4, 0.5) is 0 Å². The van der Waals surface area contributed by atoms with Gasteiger partial charge in [-0.2, -0.15) is 0 Å². The van der Waals surface area contributed by atoms with E-state index in [0.717, 1.165) is 32.3 Å². The summed E-state index contributed by atoms with van der Waals surface area (Å²) in [5.41, 5.74) is 2.93. The predicted molar refractivity (Wildman–Crippen MR) is 112 cm³/mol. The van der Waals surface area contributed by atoms with Crippen LogP contribution in [-0.4, -0.2) is 17.6 Å². The fourth-order valence-corrected chi connectivity index (χ4v) is 3.53. The second-order valence-electron chi connectivity index (χ2n) is 6.26. The highest BCUT2D eigenvalue weighted by molar-refractivity contribution is 7.12. The Labute approximate surface area is 169 Å². The Balaban J connectivity index is 1.83. The summed E-state index contributed by atoms with van der Waals surface area (Å²) in [5, 5.41) is 0.823. The summed E-state index contributed by atoms with van der Waals surface area (Å²) in [6.07, 6.45) is 3.89. The molecule has 28 heavy (non-hydrogen) atoms. The van der Waals surface area contributed by atoms with E-state index in [0.29, 0.717) is 19.6 Å². The number of ether oxygens (including phenoxy) is 2. The maximum absolute atomic E-state index is 12.1. The van der Waals surface area contributed by atoms with Crippen LogP contribution in [0.1, 0.15) is 27.9 Å². The molecule has 144 valence electrons. The van der Waals surface area contributed by atoms with E-state index in [2.05, 4.69) is 4.98 Å². The molecule has 0 fully saturated rings. The van der Waals surface area contributed by atoms with Gasteiger partial charge in [-0.25, -0.2) is 9.78 Å². The van der Waals surface area contributed by atoms with Crippen molar-refractivity contribution >= 4 is 22.9 Å². The zero-order chi connectivity index (χ0) is 19.8. The fraction of sp³-hybridized carbons (Fsp3) is 0.217. The number of rotatable bonds is 8. The average molecular weight is 394 g/mol.